The van der Waals surface area contributed by atoms with Gasteiger partial charge in [-0.1, -0.05) is 6.92 Å². The highest BCUT2D eigenvalue weighted by atomic mass is 19.1. The number of rotatable bonds is 6. The average Bonchev–Trinajstić information content (AvgIpc) is 2.35. The SMILES string of the molecule is CCNCc1cc(F)ccc1N(C)C(C)(C)CO. The molecule has 0 amide bonds. The average molecular weight is 254 g/mol. The second-order valence-electron chi connectivity index (χ2n) is 5.08. The fourth-order valence-electron chi connectivity index (χ4n) is 1.71. The van der Waals surface area contributed by atoms with Crippen LogP contribution in [-0.2, 0) is 6.54 Å². The van der Waals surface area contributed by atoms with Gasteiger partial charge in [-0.25, -0.2) is 4.39 Å². The highest BCUT2D eigenvalue weighted by Gasteiger charge is 2.24. The fraction of sp³-hybridized carbons (Fsp3) is 0.571. The summed E-state index contributed by atoms with van der Waals surface area (Å²) in [7, 11) is 1.92. The number of aliphatic hydroxyl groups excluding tert-OH is 1. The molecule has 18 heavy (non-hydrogen) atoms. The summed E-state index contributed by atoms with van der Waals surface area (Å²) in [5.41, 5.74) is 1.47. The molecule has 1 aromatic rings. The van der Waals surface area contributed by atoms with Crippen molar-refractivity contribution in [2.45, 2.75) is 32.9 Å². The number of nitrogens with zero attached hydrogens (tertiary/aromatic N) is 1. The predicted octanol–water partition coefficient (Wildman–Crippen LogP) is 2.14. The van der Waals surface area contributed by atoms with E-state index in [0.717, 1.165) is 17.8 Å². The summed E-state index contributed by atoms with van der Waals surface area (Å²) in [6.45, 7) is 7.42. The molecule has 0 saturated carbocycles. The first-order valence-electron chi connectivity index (χ1n) is 6.26. The van der Waals surface area contributed by atoms with E-state index in [-0.39, 0.29) is 18.0 Å². The lowest BCUT2D eigenvalue weighted by Gasteiger charge is -2.37. The van der Waals surface area contributed by atoms with Crippen molar-refractivity contribution < 1.29 is 9.50 Å². The first kappa shape index (κ1) is 14.9. The van der Waals surface area contributed by atoms with E-state index in [1.807, 2.05) is 32.7 Å². The molecule has 1 aromatic carbocycles. The first-order chi connectivity index (χ1) is 8.42. The Kier molecular flexibility index (Phi) is 5.11. The Morgan fingerprint density at radius 3 is 2.61 bits per heavy atom. The quantitative estimate of drug-likeness (QED) is 0.816. The lowest BCUT2D eigenvalue weighted by atomic mass is 10.0. The number of likely N-dealkylation sites (N-methyl/N-ethyl adjacent to an activating group) is 1. The van der Waals surface area contributed by atoms with Crippen LogP contribution in [0.5, 0.6) is 0 Å². The number of benzene rings is 1. The molecule has 0 aromatic heterocycles. The fourth-order valence-corrected chi connectivity index (χ4v) is 1.71. The minimum Gasteiger partial charge on any atom is -0.394 e. The summed E-state index contributed by atoms with van der Waals surface area (Å²) in [5.74, 6) is -0.234. The van der Waals surface area contributed by atoms with Crippen LogP contribution in [0.15, 0.2) is 18.2 Å². The molecule has 3 nitrogen and oxygen atoms in total. The predicted molar refractivity (Wildman–Crippen MR) is 73.3 cm³/mol. The molecule has 0 fully saturated rings. The number of halogens is 1. The standard InChI is InChI=1S/C14H23FN2O/c1-5-16-9-11-8-12(15)6-7-13(11)17(4)14(2,3)10-18/h6-8,16,18H,5,9-10H2,1-4H3. The van der Waals surface area contributed by atoms with Gasteiger partial charge in [0.1, 0.15) is 5.82 Å². The maximum Gasteiger partial charge on any atom is 0.123 e. The van der Waals surface area contributed by atoms with Crippen molar-refractivity contribution in [2.24, 2.45) is 0 Å². The van der Waals surface area contributed by atoms with Crippen LogP contribution in [-0.4, -0.2) is 30.8 Å². The highest BCUT2D eigenvalue weighted by molar-refractivity contribution is 5.55. The van der Waals surface area contributed by atoms with Crippen molar-refractivity contribution in [1.82, 2.24) is 5.32 Å². The van der Waals surface area contributed by atoms with Gasteiger partial charge in [0.15, 0.2) is 0 Å². The third kappa shape index (κ3) is 3.43. The lowest BCUT2D eigenvalue weighted by Crippen LogP contribution is -2.45. The van der Waals surface area contributed by atoms with Gasteiger partial charge in [-0.15, -0.1) is 0 Å². The Balaban J connectivity index is 3.06. The normalized spacial score (nSPS) is 11.7. The van der Waals surface area contributed by atoms with Crippen LogP contribution in [0.2, 0.25) is 0 Å². The molecule has 1 rings (SSSR count). The van der Waals surface area contributed by atoms with Gasteiger partial charge in [0.25, 0.3) is 0 Å². The zero-order valence-electron chi connectivity index (χ0n) is 11.6. The van der Waals surface area contributed by atoms with Gasteiger partial charge in [0.2, 0.25) is 0 Å². The summed E-state index contributed by atoms with van der Waals surface area (Å²) < 4.78 is 13.3. The van der Waals surface area contributed by atoms with Crippen LogP contribution in [0, 0.1) is 5.82 Å². The molecule has 0 atom stereocenters. The number of nitrogens with one attached hydrogen (secondary N) is 1. The largest absolute Gasteiger partial charge is 0.394 e. The Labute approximate surface area is 109 Å². The van der Waals surface area contributed by atoms with Gasteiger partial charge in [0.05, 0.1) is 12.1 Å². The number of hydrogen-bond acceptors (Lipinski definition) is 3. The summed E-state index contributed by atoms with van der Waals surface area (Å²) in [4.78, 5) is 1.99. The summed E-state index contributed by atoms with van der Waals surface area (Å²) in [5, 5.41) is 12.6. The van der Waals surface area contributed by atoms with Crippen LogP contribution in [0.1, 0.15) is 26.3 Å². The van der Waals surface area contributed by atoms with Gasteiger partial charge in [0, 0.05) is 19.3 Å². The lowest BCUT2D eigenvalue weighted by molar-refractivity contribution is 0.216. The molecular formula is C14H23FN2O. The molecule has 0 heterocycles. The van der Waals surface area contributed by atoms with Crippen molar-refractivity contribution in [3.63, 3.8) is 0 Å². The molecule has 0 spiro atoms. The zero-order chi connectivity index (χ0) is 13.8. The van der Waals surface area contributed by atoms with E-state index < -0.39 is 0 Å². The molecular weight excluding hydrogens is 231 g/mol. The summed E-state index contributed by atoms with van der Waals surface area (Å²) in [6, 6.07) is 4.76. The van der Waals surface area contributed by atoms with Gasteiger partial charge < -0.3 is 15.3 Å². The van der Waals surface area contributed by atoms with E-state index in [9.17, 15) is 9.50 Å². The number of anilines is 1. The van der Waals surface area contributed by atoms with E-state index in [4.69, 9.17) is 0 Å². The van der Waals surface area contributed by atoms with Gasteiger partial charge in [-0.2, -0.15) is 0 Å². The molecule has 4 heteroatoms. The van der Waals surface area contributed by atoms with Crippen LogP contribution < -0.4 is 10.2 Å². The van der Waals surface area contributed by atoms with E-state index in [2.05, 4.69) is 5.32 Å². The van der Waals surface area contributed by atoms with Crippen LogP contribution in [0.4, 0.5) is 10.1 Å². The van der Waals surface area contributed by atoms with Gasteiger partial charge in [-0.05, 0) is 44.2 Å². The Morgan fingerprint density at radius 2 is 2.06 bits per heavy atom. The van der Waals surface area contributed by atoms with Crippen molar-refractivity contribution in [3.05, 3.63) is 29.6 Å². The highest BCUT2D eigenvalue weighted by Crippen LogP contribution is 2.26. The van der Waals surface area contributed by atoms with Crippen LogP contribution in [0.25, 0.3) is 0 Å². The van der Waals surface area contributed by atoms with Crippen molar-refractivity contribution in [3.8, 4) is 0 Å². The summed E-state index contributed by atoms with van der Waals surface area (Å²) in [6.07, 6.45) is 0. The second kappa shape index (κ2) is 6.16. The first-order valence-corrected chi connectivity index (χ1v) is 6.26. The van der Waals surface area contributed by atoms with E-state index >= 15 is 0 Å². The molecule has 0 radical (unpaired) electrons. The molecule has 0 bridgehead atoms. The molecule has 0 aliphatic rings. The maximum atomic E-state index is 13.3. The van der Waals surface area contributed by atoms with Crippen LogP contribution in [0.3, 0.4) is 0 Å². The Hall–Kier alpha value is -1.13. The van der Waals surface area contributed by atoms with Crippen LogP contribution >= 0.6 is 0 Å². The maximum absolute atomic E-state index is 13.3. The van der Waals surface area contributed by atoms with Gasteiger partial charge >= 0.3 is 0 Å². The second-order valence-corrected chi connectivity index (χ2v) is 5.08. The summed E-state index contributed by atoms with van der Waals surface area (Å²) >= 11 is 0. The zero-order valence-corrected chi connectivity index (χ0v) is 11.6. The smallest absolute Gasteiger partial charge is 0.123 e. The van der Waals surface area contributed by atoms with E-state index in [1.54, 1.807) is 12.1 Å². The number of aliphatic hydroxyl groups is 1. The molecule has 0 saturated heterocycles. The van der Waals surface area contributed by atoms with E-state index in [0.29, 0.717) is 6.54 Å². The van der Waals surface area contributed by atoms with Crippen molar-refractivity contribution >= 4 is 5.69 Å². The molecule has 0 aliphatic heterocycles. The molecule has 102 valence electrons. The van der Waals surface area contributed by atoms with Crippen molar-refractivity contribution in [1.29, 1.82) is 0 Å². The molecule has 2 N–H and O–H groups in total. The Bertz CT molecular complexity index is 393. The minimum absolute atomic E-state index is 0.0432. The third-order valence-electron chi connectivity index (χ3n) is 3.26. The van der Waals surface area contributed by atoms with E-state index in [1.165, 1.54) is 6.07 Å². The monoisotopic (exact) mass is 254 g/mol. The molecule has 0 unspecified atom stereocenters. The topological polar surface area (TPSA) is 35.5 Å². The third-order valence-corrected chi connectivity index (χ3v) is 3.26. The van der Waals surface area contributed by atoms with Crippen molar-refractivity contribution in [2.75, 3.05) is 25.1 Å². The number of hydrogen-bond donors (Lipinski definition) is 2. The Morgan fingerprint density at radius 1 is 1.39 bits per heavy atom. The molecule has 0 aliphatic carbocycles. The van der Waals surface area contributed by atoms with Gasteiger partial charge in [-0.3, -0.25) is 0 Å². The minimum atomic E-state index is -0.376.